The van der Waals surface area contributed by atoms with E-state index in [9.17, 15) is 22.7 Å². The van der Waals surface area contributed by atoms with Gasteiger partial charge >= 0.3 is 0 Å². The first-order valence-electron chi connectivity index (χ1n) is 11.3. The lowest BCUT2D eigenvalue weighted by atomic mass is 9.92. The molecule has 0 spiro atoms. The van der Waals surface area contributed by atoms with Crippen LogP contribution in [0.3, 0.4) is 0 Å². The van der Waals surface area contributed by atoms with Crippen molar-refractivity contribution < 1.29 is 27.4 Å². The quantitative estimate of drug-likeness (QED) is 0.666. The van der Waals surface area contributed by atoms with E-state index >= 15 is 0 Å². The number of aliphatic hydroxyl groups excluding tert-OH is 1. The van der Waals surface area contributed by atoms with Gasteiger partial charge in [0.15, 0.2) is 0 Å². The summed E-state index contributed by atoms with van der Waals surface area (Å²) in [6, 6.07) is 11.7. The molecule has 1 saturated heterocycles. The highest BCUT2D eigenvalue weighted by Crippen LogP contribution is 2.29. The van der Waals surface area contributed by atoms with Crippen LogP contribution in [0.15, 0.2) is 53.4 Å². The lowest BCUT2D eigenvalue weighted by molar-refractivity contribution is -0.127. The van der Waals surface area contributed by atoms with Gasteiger partial charge in [0.2, 0.25) is 15.9 Å². The zero-order valence-electron chi connectivity index (χ0n) is 18.3. The molecule has 0 unspecified atom stereocenters. The molecule has 9 heteroatoms. The molecule has 0 bridgehead atoms. The van der Waals surface area contributed by atoms with Crippen LogP contribution in [-0.2, 0) is 14.8 Å². The van der Waals surface area contributed by atoms with Gasteiger partial charge in [-0.1, -0.05) is 6.07 Å². The maximum atomic E-state index is 13.3. The van der Waals surface area contributed by atoms with Gasteiger partial charge in [-0.3, -0.25) is 4.79 Å². The lowest BCUT2D eigenvalue weighted by Gasteiger charge is -2.33. The highest BCUT2D eigenvalue weighted by molar-refractivity contribution is 7.89. The van der Waals surface area contributed by atoms with Gasteiger partial charge in [0, 0.05) is 25.2 Å². The van der Waals surface area contributed by atoms with E-state index in [4.69, 9.17) is 4.74 Å². The van der Waals surface area contributed by atoms with Crippen LogP contribution < -0.4 is 10.1 Å². The molecule has 2 aliphatic rings. The normalized spacial score (nSPS) is 24.2. The number of carbonyl (C=O) groups excluding carboxylic acids is 1. The molecule has 1 amide bonds. The second-order valence-electron chi connectivity index (χ2n) is 8.75. The van der Waals surface area contributed by atoms with Crippen molar-refractivity contribution in [2.24, 2.45) is 5.92 Å². The molecule has 2 fully saturated rings. The van der Waals surface area contributed by atoms with Crippen molar-refractivity contribution in [1.82, 2.24) is 9.62 Å². The first-order chi connectivity index (χ1) is 15.8. The maximum Gasteiger partial charge on any atom is 0.243 e. The average Bonchev–Trinajstić information content (AvgIpc) is 2.82. The zero-order valence-corrected chi connectivity index (χ0v) is 19.1. The summed E-state index contributed by atoms with van der Waals surface area (Å²) in [6.07, 6.45) is 3.77. The molecule has 1 aliphatic carbocycles. The molecule has 178 valence electrons. The van der Waals surface area contributed by atoms with Gasteiger partial charge in [0.1, 0.15) is 17.3 Å². The van der Waals surface area contributed by atoms with Crippen molar-refractivity contribution in [2.45, 2.75) is 55.6 Å². The Hall–Kier alpha value is -2.49. The fourth-order valence-electron chi connectivity index (χ4n) is 4.40. The Morgan fingerprint density at radius 1 is 1.03 bits per heavy atom. The van der Waals surface area contributed by atoms with E-state index in [-0.39, 0.29) is 35.3 Å². The molecule has 2 aromatic carbocycles. The Morgan fingerprint density at radius 2 is 1.76 bits per heavy atom. The molecule has 0 radical (unpaired) electrons. The monoisotopic (exact) mass is 476 g/mol. The standard InChI is InChI=1S/C24H29FN2O5S/c25-18-6-12-21(13-7-18)32-22-4-1-5-23(15-22)33(30,31)27-14-2-3-17(16-27)24(29)26-19-8-10-20(28)11-9-19/h1,4-7,12-13,15,17,19-20,28H,2-3,8-11,14,16H2,(H,26,29)/t17-,19?,20?/m0/s1. The molecule has 1 heterocycles. The van der Waals surface area contributed by atoms with Crippen molar-refractivity contribution in [2.75, 3.05) is 13.1 Å². The topological polar surface area (TPSA) is 95.9 Å². The third-order valence-electron chi connectivity index (χ3n) is 6.29. The number of nitrogens with one attached hydrogen (secondary N) is 1. The van der Waals surface area contributed by atoms with Crippen LogP contribution in [-0.4, -0.2) is 49.0 Å². The molecular formula is C24H29FN2O5S. The summed E-state index contributed by atoms with van der Waals surface area (Å²) < 4.78 is 46.7. The minimum Gasteiger partial charge on any atom is -0.457 e. The summed E-state index contributed by atoms with van der Waals surface area (Å²) in [5, 5.41) is 12.7. The van der Waals surface area contributed by atoms with Gasteiger partial charge in [0.25, 0.3) is 0 Å². The third kappa shape index (κ3) is 5.90. The predicted octanol–water partition coefficient (Wildman–Crippen LogP) is 3.44. The Kier molecular flexibility index (Phi) is 7.31. The third-order valence-corrected chi connectivity index (χ3v) is 8.15. The zero-order chi connectivity index (χ0) is 23.4. The van der Waals surface area contributed by atoms with Gasteiger partial charge in [-0.2, -0.15) is 4.31 Å². The molecule has 4 rings (SSSR count). The largest absolute Gasteiger partial charge is 0.457 e. The minimum absolute atomic E-state index is 0.0353. The number of rotatable bonds is 6. The Labute approximate surface area is 193 Å². The van der Waals surface area contributed by atoms with Crippen molar-refractivity contribution in [1.29, 1.82) is 0 Å². The summed E-state index contributed by atoms with van der Waals surface area (Å²) in [6.45, 7) is 0.483. The van der Waals surface area contributed by atoms with E-state index in [1.807, 2.05) is 0 Å². The number of benzene rings is 2. The fourth-order valence-corrected chi connectivity index (χ4v) is 5.96. The Bertz CT molecular complexity index is 1070. The molecule has 0 aromatic heterocycles. The number of hydrogen-bond acceptors (Lipinski definition) is 5. The van der Waals surface area contributed by atoms with E-state index < -0.39 is 15.9 Å². The second kappa shape index (κ2) is 10.2. The van der Waals surface area contributed by atoms with Crippen molar-refractivity contribution in [3.8, 4) is 11.5 Å². The molecule has 33 heavy (non-hydrogen) atoms. The number of carbonyl (C=O) groups is 1. The number of aliphatic hydroxyl groups is 1. The van der Waals surface area contributed by atoms with Crippen LogP contribution in [0.2, 0.25) is 0 Å². The van der Waals surface area contributed by atoms with E-state index in [2.05, 4.69) is 5.32 Å². The van der Waals surface area contributed by atoms with Crippen LogP contribution in [0, 0.1) is 11.7 Å². The summed E-state index contributed by atoms with van der Waals surface area (Å²) in [5.41, 5.74) is 0. The van der Waals surface area contributed by atoms with Gasteiger partial charge < -0.3 is 15.2 Å². The molecular weight excluding hydrogens is 447 g/mol. The highest BCUT2D eigenvalue weighted by Gasteiger charge is 2.34. The number of piperidine rings is 1. The fraction of sp³-hybridized carbons (Fsp3) is 0.458. The minimum atomic E-state index is -3.81. The van der Waals surface area contributed by atoms with Crippen molar-refractivity contribution in [3.63, 3.8) is 0 Å². The first kappa shape index (κ1) is 23.7. The van der Waals surface area contributed by atoms with E-state index in [1.165, 1.54) is 40.7 Å². The number of nitrogens with zero attached hydrogens (tertiary/aromatic N) is 1. The molecule has 2 aromatic rings. The highest BCUT2D eigenvalue weighted by atomic mass is 32.2. The van der Waals surface area contributed by atoms with Crippen LogP contribution in [0.25, 0.3) is 0 Å². The van der Waals surface area contributed by atoms with E-state index in [0.717, 1.165) is 12.8 Å². The summed E-state index contributed by atoms with van der Waals surface area (Å²) >= 11 is 0. The molecule has 7 nitrogen and oxygen atoms in total. The second-order valence-corrected chi connectivity index (χ2v) is 10.7. The van der Waals surface area contributed by atoms with E-state index in [0.29, 0.717) is 43.7 Å². The summed E-state index contributed by atoms with van der Waals surface area (Å²) in [5.74, 6) is -0.184. The van der Waals surface area contributed by atoms with Gasteiger partial charge in [0.05, 0.1) is 16.9 Å². The van der Waals surface area contributed by atoms with Gasteiger partial charge in [-0.25, -0.2) is 12.8 Å². The molecule has 1 saturated carbocycles. The van der Waals surface area contributed by atoms with Crippen LogP contribution in [0.5, 0.6) is 11.5 Å². The predicted molar refractivity (Wildman–Crippen MR) is 121 cm³/mol. The SMILES string of the molecule is O=C(NC1CCC(O)CC1)[C@H]1CCCN(S(=O)(=O)c2cccc(Oc3ccc(F)cc3)c2)C1. The Morgan fingerprint density at radius 3 is 2.48 bits per heavy atom. The summed E-state index contributed by atoms with van der Waals surface area (Å²) in [4.78, 5) is 12.9. The van der Waals surface area contributed by atoms with E-state index in [1.54, 1.807) is 12.1 Å². The van der Waals surface area contributed by atoms with Gasteiger partial charge in [-0.05, 0) is 74.9 Å². The van der Waals surface area contributed by atoms with Gasteiger partial charge in [-0.15, -0.1) is 0 Å². The lowest BCUT2D eigenvalue weighted by Crippen LogP contribution is -2.48. The maximum absolute atomic E-state index is 13.3. The van der Waals surface area contributed by atoms with Crippen molar-refractivity contribution >= 4 is 15.9 Å². The number of sulfonamides is 1. The first-order valence-corrected chi connectivity index (χ1v) is 12.8. The smallest absolute Gasteiger partial charge is 0.243 e. The summed E-state index contributed by atoms with van der Waals surface area (Å²) in [7, 11) is -3.81. The molecule has 1 atom stereocenters. The molecule has 2 N–H and O–H groups in total. The molecule has 1 aliphatic heterocycles. The Balaban J connectivity index is 1.42. The van der Waals surface area contributed by atoms with Crippen LogP contribution >= 0.6 is 0 Å². The van der Waals surface area contributed by atoms with Crippen LogP contribution in [0.4, 0.5) is 4.39 Å². The number of ether oxygens (including phenoxy) is 1. The van der Waals surface area contributed by atoms with Crippen LogP contribution in [0.1, 0.15) is 38.5 Å². The number of halogens is 1. The van der Waals surface area contributed by atoms with Crippen molar-refractivity contribution in [3.05, 3.63) is 54.3 Å². The number of hydrogen-bond donors (Lipinski definition) is 2. The average molecular weight is 477 g/mol. The number of amides is 1.